The monoisotopic (exact) mass is 321 g/mol. The number of aliphatic imine (C=N–C) groups is 2. The van der Waals surface area contributed by atoms with E-state index in [-0.39, 0.29) is 0 Å². The van der Waals surface area contributed by atoms with Crippen LogP contribution in [0.4, 0.5) is 0 Å². The molecule has 5 heteroatoms. The Labute approximate surface area is 142 Å². The molecular weight excluding hydrogens is 286 g/mol. The van der Waals surface area contributed by atoms with Gasteiger partial charge in [0.2, 0.25) is 0 Å². The minimum absolute atomic E-state index is 0.559. The largest absolute Gasteiger partial charge is 0.358 e. The fourth-order valence-electron chi connectivity index (χ4n) is 2.16. The molecule has 0 saturated heterocycles. The van der Waals surface area contributed by atoms with Gasteiger partial charge in [0.1, 0.15) is 5.70 Å². The van der Waals surface area contributed by atoms with E-state index in [0.29, 0.717) is 30.8 Å². The van der Waals surface area contributed by atoms with E-state index < -0.39 is 0 Å². The molecule has 0 aliphatic heterocycles. The summed E-state index contributed by atoms with van der Waals surface area (Å²) in [6, 6.07) is 0. The summed E-state index contributed by atoms with van der Waals surface area (Å²) in [5, 5.41) is 3.33. The summed E-state index contributed by atoms with van der Waals surface area (Å²) in [5.41, 5.74) is 6.28. The van der Waals surface area contributed by atoms with Crippen molar-refractivity contribution in [1.29, 1.82) is 0 Å². The van der Waals surface area contributed by atoms with Crippen molar-refractivity contribution in [3.63, 3.8) is 0 Å². The van der Waals surface area contributed by atoms with Crippen molar-refractivity contribution in [3.8, 4) is 0 Å². The van der Waals surface area contributed by atoms with E-state index in [1.807, 2.05) is 13.0 Å². The number of nitrogens with one attached hydrogen (secondary N) is 1. The van der Waals surface area contributed by atoms with Gasteiger partial charge in [-0.2, -0.15) is 0 Å². The molecule has 0 aromatic carbocycles. The fraction of sp³-hybridized carbons (Fsp3) is 0.667. The first kappa shape index (κ1) is 21.4. The Kier molecular flexibility index (Phi) is 11.0. The highest BCUT2D eigenvalue weighted by Gasteiger charge is 2.14. The zero-order valence-electron chi connectivity index (χ0n) is 15.6. The molecule has 0 saturated carbocycles. The zero-order valence-corrected chi connectivity index (χ0v) is 15.6. The van der Waals surface area contributed by atoms with Crippen LogP contribution < -0.4 is 11.1 Å². The van der Waals surface area contributed by atoms with E-state index in [2.05, 4.69) is 61.2 Å². The predicted molar refractivity (Wildman–Crippen MR) is 103 cm³/mol. The normalized spacial score (nSPS) is 12.7. The smallest absolute Gasteiger partial charge is 0.152 e. The third-order valence-corrected chi connectivity index (χ3v) is 3.13. The number of amidine groups is 1. The maximum absolute atomic E-state index is 5.55. The van der Waals surface area contributed by atoms with Gasteiger partial charge in [0, 0.05) is 19.6 Å². The van der Waals surface area contributed by atoms with Gasteiger partial charge in [-0.05, 0) is 38.4 Å². The van der Waals surface area contributed by atoms with Gasteiger partial charge in [-0.1, -0.05) is 40.3 Å². The van der Waals surface area contributed by atoms with Crippen LogP contribution in [0, 0.1) is 11.8 Å². The molecule has 0 aromatic heterocycles. The molecule has 132 valence electrons. The van der Waals surface area contributed by atoms with Crippen molar-refractivity contribution in [2.24, 2.45) is 27.6 Å². The summed E-state index contributed by atoms with van der Waals surface area (Å²) in [6.45, 7) is 21.8. The molecule has 0 radical (unpaired) electrons. The maximum atomic E-state index is 5.55. The van der Waals surface area contributed by atoms with Crippen molar-refractivity contribution in [1.82, 2.24) is 10.2 Å². The molecule has 0 atom stereocenters. The van der Waals surface area contributed by atoms with Crippen LogP contribution in [0.5, 0.6) is 0 Å². The van der Waals surface area contributed by atoms with Crippen LogP contribution in [0.15, 0.2) is 34.2 Å². The molecule has 0 spiro atoms. The lowest BCUT2D eigenvalue weighted by Crippen LogP contribution is -2.39. The van der Waals surface area contributed by atoms with Gasteiger partial charge in [0.25, 0.3) is 0 Å². The Morgan fingerprint density at radius 2 is 1.78 bits per heavy atom. The molecule has 0 bridgehead atoms. The number of hydrogen-bond donors (Lipinski definition) is 2. The van der Waals surface area contributed by atoms with Gasteiger partial charge in [0.05, 0.1) is 5.82 Å². The van der Waals surface area contributed by atoms with Crippen LogP contribution in [0.1, 0.15) is 41.0 Å². The summed E-state index contributed by atoms with van der Waals surface area (Å²) in [6.07, 6.45) is 2.73. The molecule has 23 heavy (non-hydrogen) atoms. The lowest BCUT2D eigenvalue weighted by molar-refractivity contribution is 0.266. The van der Waals surface area contributed by atoms with Crippen molar-refractivity contribution >= 4 is 12.6 Å². The Bertz CT molecular complexity index is 411. The predicted octanol–water partition coefficient (Wildman–Crippen LogP) is 3.01. The van der Waals surface area contributed by atoms with E-state index in [9.17, 15) is 0 Å². The number of nitrogens with two attached hydrogens (primary N) is 1. The van der Waals surface area contributed by atoms with Gasteiger partial charge in [-0.15, -0.1) is 0 Å². The standard InChI is InChI=1S/C18H35N5/c1-8-17(20-7)18(21-11-9-10-19)22-16(6)23(12-14(2)3)13-15(4)5/h8,14-15H,6-7,9-13,19H2,1-5H3,(H,21,22)/b17-8+. The first-order valence-electron chi connectivity index (χ1n) is 8.44. The van der Waals surface area contributed by atoms with E-state index in [0.717, 1.165) is 31.0 Å². The molecule has 0 rings (SSSR count). The summed E-state index contributed by atoms with van der Waals surface area (Å²) < 4.78 is 0. The van der Waals surface area contributed by atoms with Crippen LogP contribution in [-0.2, 0) is 0 Å². The first-order valence-corrected chi connectivity index (χ1v) is 8.44. The summed E-state index contributed by atoms with van der Waals surface area (Å²) in [7, 11) is 0. The van der Waals surface area contributed by atoms with Gasteiger partial charge in [0.15, 0.2) is 5.84 Å². The first-order chi connectivity index (χ1) is 10.8. The Balaban J connectivity index is 5.15. The number of nitrogens with zero attached hydrogens (tertiary/aromatic N) is 3. The second kappa shape index (κ2) is 11.9. The van der Waals surface area contributed by atoms with Crippen molar-refractivity contribution in [3.05, 3.63) is 24.2 Å². The van der Waals surface area contributed by atoms with E-state index in [1.165, 1.54) is 0 Å². The lowest BCUT2D eigenvalue weighted by Gasteiger charge is -2.31. The van der Waals surface area contributed by atoms with Gasteiger partial charge in [-0.3, -0.25) is 9.98 Å². The zero-order chi connectivity index (χ0) is 17.8. The highest BCUT2D eigenvalue weighted by Crippen LogP contribution is 2.10. The van der Waals surface area contributed by atoms with Crippen molar-refractivity contribution in [2.75, 3.05) is 26.2 Å². The quantitative estimate of drug-likeness (QED) is 0.349. The van der Waals surface area contributed by atoms with Gasteiger partial charge < -0.3 is 16.0 Å². The minimum Gasteiger partial charge on any atom is -0.358 e. The molecule has 0 aromatic rings. The topological polar surface area (TPSA) is 66.0 Å². The van der Waals surface area contributed by atoms with Gasteiger partial charge >= 0.3 is 0 Å². The summed E-state index contributed by atoms with van der Waals surface area (Å²) >= 11 is 0. The highest BCUT2D eigenvalue weighted by atomic mass is 15.3. The van der Waals surface area contributed by atoms with Crippen molar-refractivity contribution in [2.45, 2.75) is 41.0 Å². The molecule has 3 N–H and O–H groups in total. The molecule has 0 fully saturated rings. The SMILES string of the molecule is C=N/C(=C/C)C(=NCCCN)NC(=C)N(CC(C)C)CC(C)C. The fourth-order valence-corrected chi connectivity index (χ4v) is 2.16. The molecule has 0 aliphatic carbocycles. The second-order valence-corrected chi connectivity index (χ2v) is 6.47. The van der Waals surface area contributed by atoms with E-state index in [4.69, 9.17) is 5.73 Å². The molecule has 0 amide bonds. The molecule has 5 nitrogen and oxygen atoms in total. The highest BCUT2D eigenvalue weighted by molar-refractivity contribution is 5.99. The van der Waals surface area contributed by atoms with Crippen LogP contribution in [0.3, 0.4) is 0 Å². The van der Waals surface area contributed by atoms with Crippen LogP contribution in [0.25, 0.3) is 0 Å². The average Bonchev–Trinajstić information content (AvgIpc) is 2.46. The maximum Gasteiger partial charge on any atom is 0.152 e. The van der Waals surface area contributed by atoms with Crippen LogP contribution in [0.2, 0.25) is 0 Å². The molecule has 0 heterocycles. The Morgan fingerprint density at radius 1 is 1.22 bits per heavy atom. The molecular formula is C18H35N5. The third-order valence-electron chi connectivity index (χ3n) is 3.13. The van der Waals surface area contributed by atoms with E-state index in [1.54, 1.807) is 0 Å². The van der Waals surface area contributed by atoms with Crippen LogP contribution in [-0.4, -0.2) is 43.6 Å². The number of allylic oxidation sites excluding steroid dienone is 1. The third kappa shape index (κ3) is 9.18. The van der Waals surface area contributed by atoms with Crippen LogP contribution >= 0.6 is 0 Å². The van der Waals surface area contributed by atoms with Gasteiger partial charge in [-0.25, -0.2) is 0 Å². The van der Waals surface area contributed by atoms with Crippen molar-refractivity contribution < 1.29 is 0 Å². The summed E-state index contributed by atoms with van der Waals surface area (Å²) in [4.78, 5) is 10.9. The molecule has 0 aliphatic rings. The summed E-state index contributed by atoms with van der Waals surface area (Å²) in [5.74, 6) is 2.67. The van der Waals surface area contributed by atoms with E-state index >= 15 is 0 Å². The lowest BCUT2D eigenvalue weighted by atomic mass is 10.1. The Morgan fingerprint density at radius 3 is 2.17 bits per heavy atom. The minimum atomic E-state index is 0.559. The number of rotatable bonds is 11. The number of hydrogen-bond acceptors (Lipinski definition) is 4. The second-order valence-electron chi connectivity index (χ2n) is 6.47. The molecule has 0 unspecified atom stereocenters. The Hall–Kier alpha value is -1.62. The average molecular weight is 322 g/mol.